The third kappa shape index (κ3) is 1.32. The zero-order valence-electron chi connectivity index (χ0n) is 7.36. The summed E-state index contributed by atoms with van der Waals surface area (Å²) in [5.41, 5.74) is 0.316. The van der Waals surface area contributed by atoms with Gasteiger partial charge >= 0.3 is 0 Å². The predicted molar refractivity (Wildman–Crippen MR) is 48.9 cm³/mol. The van der Waals surface area contributed by atoms with Crippen molar-refractivity contribution in [3.8, 4) is 6.07 Å². The van der Waals surface area contributed by atoms with Gasteiger partial charge in [-0.15, -0.1) is 0 Å². The Bertz CT molecular complexity index is 320. The van der Waals surface area contributed by atoms with Gasteiger partial charge in [0.15, 0.2) is 5.60 Å². The molecular formula is C11H11NO. The molecule has 0 aliphatic carbocycles. The highest BCUT2D eigenvalue weighted by atomic mass is 16.5. The standard InChI is InChI=1S/C11H11NO/c12-9-11(7-4-8-13-11)10-5-2-1-3-6-10/h1-3,5-6H,4,7-8H2. The molecule has 1 fully saturated rings. The molecule has 1 aliphatic rings. The number of ether oxygens (including phenoxy) is 1. The fraction of sp³-hybridized carbons (Fsp3) is 0.364. The molecule has 1 aromatic rings. The molecule has 13 heavy (non-hydrogen) atoms. The minimum absolute atomic E-state index is 0.665. The third-order valence-electron chi connectivity index (χ3n) is 2.44. The summed E-state index contributed by atoms with van der Waals surface area (Å²) in [6.07, 6.45) is 1.79. The number of benzene rings is 1. The summed E-state index contributed by atoms with van der Waals surface area (Å²) in [5.74, 6) is 0. The molecule has 2 heteroatoms. The van der Waals surface area contributed by atoms with Crippen molar-refractivity contribution in [3.63, 3.8) is 0 Å². The molecule has 0 spiro atoms. The highest BCUT2D eigenvalue weighted by molar-refractivity contribution is 5.29. The van der Waals surface area contributed by atoms with Crippen LogP contribution in [-0.2, 0) is 10.3 Å². The molecule has 1 saturated heterocycles. The van der Waals surface area contributed by atoms with E-state index in [0.29, 0.717) is 6.61 Å². The normalized spacial score (nSPS) is 27.0. The van der Waals surface area contributed by atoms with E-state index < -0.39 is 5.60 Å². The van der Waals surface area contributed by atoms with E-state index in [2.05, 4.69) is 6.07 Å². The van der Waals surface area contributed by atoms with Gasteiger partial charge in [-0.1, -0.05) is 30.3 Å². The maximum Gasteiger partial charge on any atom is 0.179 e. The van der Waals surface area contributed by atoms with Crippen LogP contribution in [-0.4, -0.2) is 6.61 Å². The molecule has 2 nitrogen and oxygen atoms in total. The second kappa shape index (κ2) is 3.20. The van der Waals surface area contributed by atoms with Gasteiger partial charge in [-0.05, 0) is 18.4 Å². The van der Waals surface area contributed by atoms with Crippen molar-refractivity contribution in [1.29, 1.82) is 5.26 Å². The summed E-state index contributed by atoms with van der Waals surface area (Å²) in [6.45, 7) is 0.697. The van der Waals surface area contributed by atoms with Crippen molar-refractivity contribution in [2.45, 2.75) is 18.4 Å². The average molecular weight is 173 g/mol. The minimum atomic E-state index is -0.665. The van der Waals surface area contributed by atoms with Crippen LogP contribution >= 0.6 is 0 Å². The van der Waals surface area contributed by atoms with Crippen molar-refractivity contribution >= 4 is 0 Å². The monoisotopic (exact) mass is 173 g/mol. The topological polar surface area (TPSA) is 33.0 Å². The third-order valence-corrected chi connectivity index (χ3v) is 2.44. The Kier molecular flexibility index (Phi) is 2.03. The lowest BCUT2D eigenvalue weighted by Gasteiger charge is -2.19. The van der Waals surface area contributed by atoms with Crippen molar-refractivity contribution in [2.24, 2.45) is 0 Å². The van der Waals surface area contributed by atoms with Gasteiger partial charge in [0.1, 0.15) is 6.07 Å². The van der Waals surface area contributed by atoms with Crippen LogP contribution in [0.1, 0.15) is 18.4 Å². The Hall–Kier alpha value is -1.33. The smallest absolute Gasteiger partial charge is 0.179 e. The second-order valence-electron chi connectivity index (χ2n) is 3.26. The van der Waals surface area contributed by atoms with E-state index in [4.69, 9.17) is 10.00 Å². The zero-order chi connectivity index (χ0) is 9.15. The van der Waals surface area contributed by atoms with E-state index in [1.165, 1.54) is 0 Å². The number of nitriles is 1. The second-order valence-corrected chi connectivity index (χ2v) is 3.26. The van der Waals surface area contributed by atoms with Gasteiger partial charge in [0.25, 0.3) is 0 Å². The molecule has 0 radical (unpaired) electrons. The number of hydrogen-bond donors (Lipinski definition) is 0. The van der Waals surface area contributed by atoms with Gasteiger partial charge in [-0.2, -0.15) is 5.26 Å². The molecule has 0 aromatic heterocycles. The van der Waals surface area contributed by atoms with Crippen molar-refractivity contribution in [2.75, 3.05) is 6.61 Å². The molecule has 0 saturated carbocycles. The molecule has 1 heterocycles. The predicted octanol–water partition coefficient (Wildman–Crippen LogP) is 2.22. The van der Waals surface area contributed by atoms with Crippen LogP contribution in [0.25, 0.3) is 0 Å². The van der Waals surface area contributed by atoms with Crippen LogP contribution in [0.3, 0.4) is 0 Å². The van der Waals surface area contributed by atoms with Gasteiger partial charge in [0.05, 0.1) is 0 Å². The molecule has 2 rings (SSSR count). The van der Waals surface area contributed by atoms with Crippen molar-refractivity contribution in [1.82, 2.24) is 0 Å². The summed E-state index contributed by atoms with van der Waals surface area (Å²) in [5, 5.41) is 9.09. The molecule has 1 aromatic carbocycles. The first-order valence-corrected chi connectivity index (χ1v) is 4.48. The Labute approximate surface area is 77.8 Å². The fourth-order valence-corrected chi connectivity index (χ4v) is 1.73. The first kappa shape index (κ1) is 8.28. The Morgan fingerprint density at radius 1 is 1.31 bits per heavy atom. The largest absolute Gasteiger partial charge is 0.356 e. The quantitative estimate of drug-likeness (QED) is 0.652. The average Bonchev–Trinajstić information content (AvgIpc) is 2.69. The lowest BCUT2D eigenvalue weighted by atomic mass is 9.92. The summed E-state index contributed by atoms with van der Waals surface area (Å²) in [7, 11) is 0. The maximum absolute atomic E-state index is 9.09. The van der Waals surface area contributed by atoms with Gasteiger partial charge in [0.2, 0.25) is 0 Å². The minimum Gasteiger partial charge on any atom is -0.356 e. The molecule has 0 N–H and O–H groups in total. The van der Waals surface area contributed by atoms with E-state index in [0.717, 1.165) is 18.4 Å². The number of nitrogens with zero attached hydrogens (tertiary/aromatic N) is 1. The first-order chi connectivity index (χ1) is 6.37. The summed E-state index contributed by atoms with van der Waals surface area (Å²) < 4.78 is 5.51. The van der Waals surface area contributed by atoms with Crippen LogP contribution in [0.4, 0.5) is 0 Å². The Balaban J connectivity index is 2.38. The molecule has 1 aliphatic heterocycles. The summed E-state index contributed by atoms with van der Waals surface area (Å²) in [4.78, 5) is 0. The van der Waals surface area contributed by atoms with Crippen LogP contribution in [0.2, 0.25) is 0 Å². The van der Waals surface area contributed by atoms with Crippen LogP contribution < -0.4 is 0 Å². The van der Waals surface area contributed by atoms with Gasteiger partial charge < -0.3 is 4.74 Å². The van der Waals surface area contributed by atoms with E-state index >= 15 is 0 Å². The van der Waals surface area contributed by atoms with E-state index in [9.17, 15) is 0 Å². The van der Waals surface area contributed by atoms with Crippen LogP contribution in [0.5, 0.6) is 0 Å². The molecule has 66 valence electrons. The molecular weight excluding hydrogens is 162 g/mol. The van der Waals surface area contributed by atoms with Crippen molar-refractivity contribution in [3.05, 3.63) is 35.9 Å². The van der Waals surface area contributed by atoms with Crippen LogP contribution in [0, 0.1) is 11.3 Å². The lowest BCUT2D eigenvalue weighted by Crippen LogP contribution is -2.21. The fourth-order valence-electron chi connectivity index (χ4n) is 1.73. The molecule has 1 atom stereocenters. The maximum atomic E-state index is 9.09. The number of rotatable bonds is 1. The molecule has 0 bridgehead atoms. The SMILES string of the molecule is N#CC1(c2ccccc2)CCCO1. The summed E-state index contributed by atoms with van der Waals surface area (Å²) >= 11 is 0. The van der Waals surface area contributed by atoms with Gasteiger partial charge in [-0.3, -0.25) is 0 Å². The van der Waals surface area contributed by atoms with E-state index in [-0.39, 0.29) is 0 Å². The first-order valence-electron chi connectivity index (χ1n) is 4.48. The highest BCUT2D eigenvalue weighted by Crippen LogP contribution is 2.34. The van der Waals surface area contributed by atoms with Crippen molar-refractivity contribution < 1.29 is 4.74 Å². The Morgan fingerprint density at radius 3 is 2.62 bits per heavy atom. The van der Waals surface area contributed by atoms with E-state index in [1.807, 2.05) is 30.3 Å². The summed E-state index contributed by atoms with van der Waals surface area (Å²) in [6, 6.07) is 12.0. The zero-order valence-corrected chi connectivity index (χ0v) is 7.36. The number of hydrogen-bond acceptors (Lipinski definition) is 2. The molecule has 1 unspecified atom stereocenters. The van der Waals surface area contributed by atoms with Crippen LogP contribution in [0.15, 0.2) is 30.3 Å². The van der Waals surface area contributed by atoms with Gasteiger partial charge in [0, 0.05) is 6.61 Å². The van der Waals surface area contributed by atoms with E-state index in [1.54, 1.807) is 0 Å². The highest BCUT2D eigenvalue weighted by Gasteiger charge is 2.36. The Morgan fingerprint density at radius 2 is 2.08 bits per heavy atom. The molecule has 0 amide bonds. The lowest BCUT2D eigenvalue weighted by molar-refractivity contribution is 0.0495. The van der Waals surface area contributed by atoms with Gasteiger partial charge in [-0.25, -0.2) is 0 Å².